The lowest BCUT2D eigenvalue weighted by Gasteiger charge is -2.12. The fraction of sp³-hybridized carbons (Fsp3) is 0.333. The average molecular weight is 257 g/mol. The molecule has 0 unspecified atom stereocenters. The number of hydrogen-bond acceptors (Lipinski definition) is 4. The zero-order valence-electron chi connectivity index (χ0n) is 11.6. The van der Waals surface area contributed by atoms with Gasteiger partial charge in [-0.25, -0.2) is 0 Å². The molecule has 19 heavy (non-hydrogen) atoms. The van der Waals surface area contributed by atoms with Crippen molar-refractivity contribution < 1.29 is 4.74 Å². The Hall–Kier alpha value is -1.94. The molecule has 0 amide bonds. The Morgan fingerprint density at radius 3 is 2.68 bits per heavy atom. The molecule has 0 aliphatic carbocycles. The lowest BCUT2D eigenvalue weighted by molar-refractivity contribution is 0.448. The maximum Gasteiger partial charge on any atom is 0.243 e. The third kappa shape index (κ3) is 3.09. The lowest BCUT2D eigenvalue weighted by atomic mass is 9.98. The second kappa shape index (κ2) is 5.80. The van der Waals surface area contributed by atoms with Crippen molar-refractivity contribution in [2.75, 3.05) is 0 Å². The molecular formula is C15H19N3O. The van der Waals surface area contributed by atoms with Crippen LogP contribution in [0.4, 0.5) is 0 Å². The van der Waals surface area contributed by atoms with E-state index in [0.29, 0.717) is 18.3 Å². The van der Waals surface area contributed by atoms with Crippen LogP contribution in [-0.2, 0) is 6.54 Å². The molecule has 2 rings (SSSR count). The molecule has 0 atom stereocenters. The van der Waals surface area contributed by atoms with E-state index in [9.17, 15) is 0 Å². The molecule has 0 radical (unpaired) electrons. The van der Waals surface area contributed by atoms with Crippen molar-refractivity contribution in [3.8, 4) is 11.6 Å². The number of nitrogens with two attached hydrogens (primary N) is 1. The molecule has 1 aromatic carbocycles. The van der Waals surface area contributed by atoms with Crippen LogP contribution >= 0.6 is 0 Å². The molecule has 1 heterocycles. The van der Waals surface area contributed by atoms with E-state index in [0.717, 1.165) is 11.3 Å². The van der Waals surface area contributed by atoms with Crippen molar-refractivity contribution in [3.63, 3.8) is 0 Å². The number of hydrogen-bond donors (Lipinski definition) is 1. The number of nitrogens with zero attached hydrogens (tertiary/aromatic N) is 2. The molecule has 2 aromatic rings. The van der Waals surface area contributed by atoms with Crippen molar-refractivity contribution in [2.45, 2.75) is 33.2 Å². The summed E-state index contributed by atoms with van der Waals surface area (Å²) in [6.07, 6.45) is 1.61. The van der Waals surface area contributed by atoms with Crippen LogP contribution in [0.1, 0.15) is 36.5 Å². The van der Waals surface area contributed by atoms with Crippen LogP contribution < -0.4 is 10.5 Å². The van der Waals surface area contributed by atoms with Gasteiger partial charge in [0.15, 0.2) is 0 Å². The monoisotopic (exact) mass is 257 g/mol. The highest BCUT2D eigenvalue weighted by atomic mass is 16.5. The summed E-state index contributed by atoms with van der Waals surface area (Å²) < 4.78 is 5.76. The van der Waals surface area contributed by atoms with E-state index in [1.54, 1.807) is 6.20 Å². The maximum atomic E-state index is 5.76. The Bertz CT molecular complexity index is 567. The van der Waals surface area contributed by atoms with Gasteiger partial charge in [-0.3, -0.25) is 0 Å². The maximum absolute atomic E-state index is 5.76. The van der Waals surface area contributed by atoms with Gasteiger partial charge < -0.3 is 10.5 Å². The van der Waals surface area contributed by atoms with Gasteiger partial charge >= 0.3 is 0 Å². The van der Waals surface area contributed by atoms with E-state index in [1.807, 2.05) is 18.2 Å². The molecule has 4 nitrogen and oxygen atoms in total. The van der Waals surface area contributed by atoms with Gasteiger partial charge in [0.25, 0.3) is 0 Å². The molecular weight excluding hydrogens is 238 g/mol. The SMILES string of the molecule is Cc1cc(Oc2nnccc2CN)ccc1C(C)C. The van der Waals surface area contributed by atoms with Crippen LogP contribution in [0.25, 0.3) is 0 Å². The van der Waals surface area contributed by atoms with Crippen LogP contribution in [-0.4, -0.2) is 10.2 Å². The normalized spacial score (nSPS) is 10.8. The van der Waals surface area contributed by atoms with E-state index in [4.69, 9.17) is 10.5 Å². The van der Waals surface area contributed by atoms with E-state index in [2.05, 4.69) is 37.0 Å². The summed E-state index contributed by atoms with van der Waals surface area (Å²) in [6, 6.07) is 7.88. The summed E-state index contributed by atoms with van der Waals surface area (Å²) in [5.74, 6) is 1.74. The Balaban J connectivity index is 2.26. The van der Waals surface area contributed by atoms with Crippen molar-refractivity contribution in [3.05, 3.63) is 47.2 Å². The van der Waals surface area contributed by atoms with Crippen molar-refractivity contribution in [1.29, 1.82) is 0 Å². The van der Waals surface area contributed by atoms with Crippen LogP contribution in [0.2, 0.25) is 0 Å². The molecule has 0 bridgehead atoms. The number of benzene rings is 1. The zero-order valence-corrected chi connectivity index (χ0v) is 11.6. The molecule has 0 spiro atoms. The summed E-state index contributed by atoms with van der Waals surface area (Å²) >= 11 is 0. The summed E-state index contributed by atoms with van der Waals surface area (Å²) in [4.78, 5) is 0. The Morgan fingerprint density at radius 2 is 2.05 bits per heavy atom. The Kier molecular flexibility index (Phi) is 4.12. The highest BCUT2D eigenvalue weighted by Crippen LogP contribution is 2.27. The number of ether oxygens (including phenoxy) is 1. The molecule has 2 N–H and O–H groups in total. The van der Waals surface area contributed by atoms with E-state index in [1.165, 1.54) is 11.1 Å². The van der Waals surface area contributed by atoms with Crippen LogP contribution in [0, 0.1) is 6.92 Å². The topological polar surface area (TPSA) is 61.0 Å². The van der Waals surface area contributed by atoms with E-state index < -0.39 is 0 Å². The van der Waals surface area contributed by atoms with Gasteiger partial charge in [0.05, 0.1) is 6.20 Å². The van der Waals surface area contributed by atoms with E-state index >= 15 is 0 Å². The van der Waals surface area contributed by atoms with Gasteiger partial charge in [-0.1, -0.05) is 19.9 Å². The van der Waals surface area contributed by atoms with E-state index in [-0.39, 0.29) is 0 Å². The van der Waals surface area contributed by atoms with Crippen molar-refractivity contribution >= 4 is 0 Å². The first-order valence-electron chi connectivity index (χ1n) is 6.41. The van der Waals surface area contributed by atoms with Gasteiger partial charge in [0.2, 0.25) is 5.88 Å². The predicted octanol–water partition coefficient (Wildman–Crippen LogP) is 3.16. The highest BCUT2D eigenvalue weighted by Gasteiger charge is 2.08. The highest BCUT2D eigenvalue weighted by molar-refractivity contribution is 5.39. The van der Waals surface area contributed by atoms with Crippen LogP contribution in [0.3, 0.4) is 0 Å². The minimum atomic E-state index is 0.383. The summed E-state index contributed by atoms with van der Waals surface area (Å²) in [5, 5.41) is 7.81. The first kappa shape index (κ1) is 13.5. The van der Waals surface area contributed by atoms with Crippen LogP contribution in [0.5, 0.6) is 11.6 Å². The summed E-state index contributed by atoms with van der Waals surface area (Å²) in [6.45, 7) is 6.83. The summed E-state index contributed by atoms with van der Waals surface area (Å²) in [7, 11) is 0. The van der Waals surface area contributed by atoms with Crippen molar-refractivity contribution in [2.24, 2.45) is 5.73 Å². The molecule has 0 saturated heterocycles. The minimum absolute atomic E-state index is 0.383. The third-order valence-electron chi connectivity index (χ3n) is 3.06. The van der Waals surface area contributed by atoms with Gasteiger partial charge in [-0.2, -0.15) is 5.10 Å². The lowest BCUT2D eigenvalue weighted by Crippen LogP contribution is -2.02. The number of aryl methyl sites for hydroxylation is 1. The second-order valence-corrected chi connectivity index (χ2v) is 4.84. The minimum Gasteiger partial charge on any atom is -0.437 e. The molecule has 4 heteroatoms. The Morgan fingerprint density at radius 1 is 1.26 bits per heavy atom. The largest absolute Gasteiger partial charge is 0.437 e. The molecule has 0 aliphatic rings. The van der Waals surface area contributed by atoms with Crippen LogP contribution in [0.15, 0.2) is 30.5 Å². The van der Waals surface area contributed by atoms with Gasteiger partial charge in [-0.05, 0) is 42.2 Å². The summed E-state index contributed by atoms with van der Waals surface area (Å²) in [5.41, 5.74) is 9.04. The fourth-order valence-corrected chi connectivity index (χ4v) is 2.06. The molecule has 0 aliphatic heterocycles. The zero-order chi connectivity index (χ0) is 13.8. The van der Waals surface area contributed by atoms with Crippen molar-refractivity contribution in [1.82, 2.24) is 10.2 Å². The molecule has 0 saturated carbocycles. The number of rotatable bonds is 4. The number of aromatic nitrogens is 2. The fourth-order valence-electron chi connectivity index (χ4n) is 2.06. The van der Waals surface area contributed by atoms with Gasteiger partial charge in [0, 0.05) is 12.1 Å². The van der Waals surface area contributed by atoms with Gasteiger partial charge in [-0.15, -0.1) is 5.10 Å². The molecule has 1 aromatic heterocycles. The third-order valence-corrected chi connectivity index (χ3v) is 3.06. The van der Waals surface area contributed by atoms with Gasteiger partial charge in [0.1, 0.15) is 5.75 Å². The average Bonchev–Trinajstić information content (AvgIpc) is 2.39. The first-order chi connectivity index (χ1) is 9.11. The quantitative estimate of drug-likeness (QED) is 0.914. The predicted molar refractivity (Wildman–Crippen MR) is 75.3 cm³/mol. The Labute approximate surface area is 113 Å². The molecule has 0 fully saturated rings. The second-order valence-electron chi connectivity index (χ2n) is 4.84. The first-order valence-corrected chi connectivity index (χ1v) is 6.41. The standard InChI is InChI=1S/C15H19N3O/c1-10(2)14-5-4-13(8-11(14)3)19-15-12(9-16)6-7-17-18-15/h4-8,10H,9,16H2,1-3H3. The smallest absolute Gasteiger partial charge is 0.243 e. The molecule has 100 valence electrons.